The molecule has 2 atom stereocenters. The third-order valence-corrected chi connectivity index (χ3v) is 5.28. The molecule has 152 valence electrons. The summed E-state index contributed by atoms with van der Waals surface area (Å²) in [5, 5.41) is 12.5. The van der Waals surface area contributed by atoms with Crippen LogP contribution in [0.2, 0.25) is 0 Å². The summed E-state index contributed by atoms with van der Waals surface area (Å²) < 4.78 is 33.6. The second-order valence-corrected chi connectivity index (χ2v) is 7.21. The van der Waals surface area contributed by atoms with Gasteiger partial charge < -0.3 is 19.3 Å². The van der Waals surface area contributed by atoms with Crippen molar-refractivity contribution in [3.63, 3.8) is 0 Å². The van der Waals surface area contributed by atoms with Crippen molar-refractivity contribution >= 4 is 11.7 Å². The van der Waals surface area contributed by atoms with Gasteiger partial charge in [0.25, 0.3) is 5.91 Å². The van der Waals surface area contributed by atoms with E-state index in [1.54, 1.807) is 6.92 Å². The Morgan fingerprint density at radius 2 is 2.03 bits per heavy atom. The number of ether oxygens (including phenoxy) is 1. The fourth-order valence-electron chi connectivity index (χ4n) is 3.77. The molecule has 1 aromatic carbocycles. The summed E-state index contributed by atoms with van der Waals surface area (Å²) in [6.45, 7) is 2.23. The molecule has 0 aliphatic carbocycles. The fourth-order valence-corrected chi connectivity index (χ4v) is 3.77. The molecule has 0 N–H and O–H groups in total. The van der Waals surface area contributed by atoms with Crippen molar-refractivity contribution in [3.05, 3.63) is 63.1 Å². The number of rotatable bonds is 4. The van der Waals surface area contributed by atoms with Crippen LogP contribution in [0.15, 0.2) is 29.2 Å². The topological polar surface area (TPSA) is 91.7 Å². The van der Waals surface area contributed by atoms with Crippen molar-refractivity contribution < 1.29 is 57.8 Å². The number of carbonyl (C=O) groups excluding carboxylic acids is 2. The average molecular weight is 426 g/mol. The number of hydrogen-bond donors (Lipinski definition) is 0. The largest absolute Gasteiger partial charge is 1.00 e. The number of fused-ring (bicyclic) bond motifs is 2. The van der Waals surface area contributed by atoms with Gasteiger partial charge in [0, 0.05) is 18.7 Å². The summed E-state index contributed by atoms with van der Waals surface area (Å²) in [4.78, 5) is 39.1. The number of carbonyl (C=O) groups is 2. The summed E-state index contributed by atoms with van der Waals surface area (Å²) in [7, 11) is 0. The van der Waals surface area contributed by atoms with Gasteiger partial charge in [-0.15, -0.1) is 0 Å². The van der Waals surface area contributed by atoms with Crippen LogP contribution in [-0.2, 0) is 17.7 Å². The van der Waals surface area contributed by atoms with Crippen molar-refractivity contribution in [1.29, 1.82) is 0 Å². The number of benzene rings is 1. The molecule has 0 bridgehead atoms. The Bertz CT molecular complexity index is 1090. The molecule has 1 aromatic heterocycles. The van der Waals surface area contributed by atoms with Crippen LogP contribution in [0.1, 0.15) is 39.8 Å². The summed E-state index contributed by atoms with van der Waals surface area (Å²) in [5.74, 6) is -3.81. The molecule has 2 aliphatic rings. The Morgan fingerprint density at radius 1 is 1.30 bits per heavy atom. The number of nitrogens with zero attached hydrogens (tertiary/aromatic N) is 2. The fraction of sp³-hybridized carbons (Fsp3) is 0.350. The second kappa shape index (κ2) is 8.58. The minimum atomic E-state index is -1.06. The molecule has 2 aromatic rings. The molecular formula is C20H17F2N2NaO5. The first kappa shape index (κ1) is 22.6. The second-order valence-electron chi connectivity index (χ2n) is 7.21. The molecule has 0 radical (unpaired) electrons. The molecule has 0 spiro atoms. The molecule has 1 amide bonds. The molecule has 7 nitrogen and oxygen atoms in total. The molecular weight excluding hydrogens is 409 g/mol. The van der Waals surface area contributed by atoms with Gasteiger partial charge in [0.2, 0.25) is 0 Å². The smallest absolute Gasteiger partial charge is 0.868 e. The quantitative estimate of drug-likeness (QED) is 0.426. The van der Waals surface area contributed by atoms with Crippen molar-refractivity contribution in [2.75, 3.05) is 6.61 Å². The SMILES string of the molecule is C[C@@H]1CO[C@H]2Cn3cc(C(=O)CCc4ccc(F)cc4F)c(=O)c([O-])c3C(=O)N12.[Na+]. The van der Waals surface area contributed by atoms with Gasteiger partial charge >= 0.3 is 29.6 Å². The van der Waals surface area contributed by atoms with Gasteiger partial charge in [0.05, 0.1) is 24.8 Å². The minimum absolute atomic E-state index is 0. The predicted molar refractivity (Wildman–Crippen MR) is 94.5 cm³/mol. The van der Waals surface area contributed by atoms with Crippen molar-refractivity contribution in [2.45, 2.75) is 38.6 Å². The molecule has 1 fully saturated rings. The van der Waals surface area contributed by atoms with Crippen LogP contribution in [-0.4, -0.2) is 40.0 Å². The van der Waals surface area contributed by atoms with E-state index in [0.29, 0.717) is 12.7 Å². The number of pyridine rings is 1. The summed E-state index contributed by atoms with van der Waals surface area (Å²) in [5.41, 5.74) is -1.57. The number of Topliss-reactive ketones (excluding diaryl/α,β-unsaturated/α-hetero) is 1. The van der Waals surface area contributed by atoms with Crippen LogP contribution in [0.4, 0.5) is 8.78 Å². The number of halogens is 2. The molecule has 2 aliphatic heterocycles. The van der Waals surface area contributed by atoms with E-state index >= 15 is 0 Å². The van der Waals surface area contributed by atoms with E-state index in [9.17, 15) is 28.3 Å². The average Bonchev–Trinajstić information content (AvgIpc) is 3.04. The summed E-state index contributed by atoms with van der Waals surface area (Å²) >= 11 is 0. The number of ketones is 1. The number of aryl methyl sites for hydroxylation is 1. The molecule has 30 heavy (non-hydrogen) atoms. The van der Waals surface area contributed by atoms with Crippen LogP contribution in [0, 0.1) is 11.6 Å². The van der Waals surface area contributed by atoms with E-state index in [0.717, 1.165) is 6.07 Å². The van der Waals surface area contributed by atoms with Crippen LogP contribution in [0.3, 0.4) is 0 Å². The number of hydrogen-bond acceptors (Lipinski definition) is 5. The Labute approximate surface area is 192 Å². The maximum absolute atomic E-state index is 13.7. The van der Waals surface area contributed by atoms with Gasteiger partial charge in [-0.1, -0.05) is 6.07 Å². The van der Waals surface area contributed by atoms with E-state index in [1.165, 1.54) is 21.7 Å². The zero-order valence-corrected chi connectivity index (χ0v) is 18.5. The standard InChI is InChI=1S/C20H18F2N2O5.Na/c1-10-9-29-16-8-23-7-13(18(26)19(27)17(23)20(28)24(10)16)15(25)5-3-11-2-4-12(21)6-14(11)22;/h2,4,6-7,10,16,27H,3,5,8-9H2,1H3;/q;+1/p-1/t10-,16+;/m1./s1. The normalized spacial score (nSPS) is 19.8. The van der Waals surface area contributed by atoms with E-state index in [2.05, 4.69) is 0 Å². The van der Waals surface area contributed by atoms with Crippen LogP contribution in [0.5, 0.6) is 5.75 Å². The monoisotopic (exact) mass is 426 g/mol. The Balaban J connectivity index is 0.00000256. The van der Waals surface area contributed by atoms with E-state index in [1.807, 2.05) is 0 Å². The molecule has 4 rings (SSSR count). The Kier molecular flexibility index (Phi) is 6.47. The molecule has 3 heterocycles. The summed E-state index contributed by atoms with van der Waals surface area (Å²) in [6.07, 6.45) is 0.330. The third-order valence-electron chi connectivity index (χ3n) is 5.28. The van der Waals surface area contributed by atoms with Crippen LogP contribution < -0.4 is 40.1 Å². The van der Waals surface area contributed by atoms with Crippen LogP contribution >= 0.6 is 0 Å². The van der Waals surface area contributed by atoms with Crippen molar-refractivity contribution in [1.82, 2.24) is 9.47 Å². The maximum Gasteiger partial charge on any atom is 1.00 e. The van der Waals surface area contributed by atoms with Gasteiger partial charge in [0.1, 0.15) is 17.3 Å². The van der Waals surface area contributed by atoms with Crippen LogP contribution in [0.25, 0.3) is 0 Å². The number of aromatic nitrogens is 1. The Morgan fingerprint density at radius 3 is 2.73 bits per heavy atom. The van der Waals surface area contributed by atoms with Gasteiger partial charge in [0.15, 0.2) is 17.4 Å². The first-order chi connectivity index (χ1) is 13.8. The van der Waals surface area contributed by atoms with Gasteiger partial charge in [-0.05, 0) is 30.7 Å². The molecule has 10 heteroatoms. The van der Waals surface area contributed by atoms with Crippen molar-refractivity contribution in [3.8, 4) is 5.75 Å². The zero-order chi connectivity index (χ0) is 20.9. The predicted octanol–water partition coefficient (Wildman–Crippen LogP) is -1.78. The van der Waals surface area contributed by atoms with Gasteiger partial charge in [-0.2, -0.15) is 0 Å². The third kappa shape index (κ3) is 3.82. The van der Waals surface area contributed by atoms with Crippen molar-refractivity contribution in [2.24, 2.45) is 0 Å². The number of amides is 1. The van der Waals surface area contributed by atoms with E-state index in [-0.39, 0.29) is 71.8 Å². The molecule has 1 saturated heterocycles. The molecule has 0 saturated carbocycles. The van der Waals surface area contributed by atoms with E-state index < -0.39 is 40.7 Å². The van der Waals surface area contributed by atoms with Gasteiger partial charge in [-0.25, -0.2) is 8.78 Å². The molecule has 0 unspecified atom stereocenters. The zero-order valence-electron chi connectivity index (χ0n) is 16.5. The van der Waals surface area contributed by atoms with Gasteiger partial charge in [-0.3, -0.25) is 14.4 Å². The minimum Gasteiger partial charge on any atom is -0.868 e. The van der Waals surface area contributed by atoms with E-state index in [4.69, 9.17) is 4.74 Å². The first-order valence-electron chi connectivity index (χ1n) is 9.13. The summed E-state index contributed by atoms with van der Waals surface area (Å²) in [6, 6.07) is 2.79. The first-order valence-corrected chi connectivity index (χ1v) is 9.13. The Hall–Kier alpha value is -2.07. The maximum atomic E-state index is 13.7.